The Morgan fingerprint density at radius 3 is 2.72 bits per heavy atom. The van der Waals surface area contributed by atoms with Crippen LogP contribution in [0.15, 0.2) is 11.4 Å². The van der Waals surface area contributed by atoms with Crippen LogP contribution in [-0.4, -0.2) is 30.6 Å². The zero-order valence-electron chi connectivity index (χ0n) is 11.1. The van der Waals surface area contributed by atoms with Gasteiger partial charge in [-0.2, -0.15) is 0 Å². The number of nitrogen functional groups attached to an aromatic ring is 1. The van der Waals surface area contributed by atoms with E-state index in [1.54, 1.807) is 11.3 Å². The Morgan fingerprint density at radius 1 is 1.39 bits per heavy atom. The lowest BCUT2D eigenvalue weighted by Crippen LogP contribution is -2.42. The summed E-state index contributed by atoms with van der Waals surface area (Å²) < 4.78 is 0. The van der Waals surface area contributed by atoms with E-state index in [2.05, 4.69) is 22.6 Å². The fourth-order valence-electron chi connectivity index (χ4n) is 3.57. The molecule has 3 heterocycles. The summed E-state index contributed by atoms with van der Waals surface area (Å²) in [5.41, 5.74) is 6.84. The van der Waals surface area contributed by atoms with Gasteiger partial charge in [0.25, 0.3) is 0 Å². The van der Waals surface area contributed by atoms with E-state index in [1.165, 1.54) is 30.6 Å². The van der Waals surface area contributed by atoms with Crippen LogP contribution >= 0.6 is 11.3 Å². The van der Waals surface area contributed by atoms with Gasteiger partial charge in [0.05, 0.1) is 0 Å². The number of rotatable bonds is 4. The topological polar surface area (TPSA) is 41.3 Å². The van der Waals surface area contributed by atoms with Crippen molar-refractivity contribution in [3.8, 4) is 0 Å². The van der Waals surface area contributed by atoms with Crippen LogP contribution in [0.4, 0.5) is 5.69 Å². The number of nitrogens with two attached hydrogens (primary N) is 1. The molecule has 100 valence electrons. The molecule has 2 atom stereocenters. The van der Waals surface area contributed by atoms with Gasteiger partial charge in [-0.05, 0) is 56.6 Å². The molecule has 1 aromatic heterocycles. The number of thiophene rings is 1. The highest BCUT2D eigenvalue weighted by Crippen LogP contribution is 2.37. The van der Waals surface area contributed by atoms with E-state index >= 15 is 0 Å². The number of piperidine rings is 1. The largest absolute Gasteiger partial charge is 0.398 e. The van der Waals surface area contributed by atoms with Gasteiger partial charge in [0.1, 0.15) is 0 Å². The van der Waals surface area contributed by atoms with E-state index in [0.717, 1.165) is 36.8 Å². The molecule has 1 aromatic rings. The second-order valence-electron chi connectivity index (χ2n) is 5.82. The number of hydrogen-bond acceptors (Lipinski definition) is 4. The average molecular weight is 265 g/mol. The number of nitrogens with zero attached hydrogens (tertiary/aromatic N) is 1. The van der Waals surface area contributed by atoms with Crippen LogP contribution < -0.4 is 11.1 Å². The molecule has 0 spiro atoms. The van der Waals surface area contributed by atoms with E-state index in [4.69, 9.17) is 5.73 Å². The van der Waals surface area contributed by atoms with Gasteiger partial charge in [-0.3, -0.25) is 0 Å². The van der Waals surface area contributed by atoms with Crippen molar-refractivity contribution < 1.29 is 0 Å². The summed E-state index contributed by atoms with van der Waals surface area (Å²) in [6.07, 6.45) is 5.57. The molecule has 2 aliphatic rings. The SMILES string of the molecule is CN1C2CCC1CC(CNCc1sccc1N)C2. The number of nitrogens with one attached hydrogen (secondary N) is 1. The van der Waals surface area contributed by atoms with Crippen LogP contribution in [0.5, 0.6) is 0 Å². The lowest BCUT2D eigenvalue weighted by Gasteiger charge is -2.36. The molecule has 0 aromatic carbocycles. The van der Waals surface area contributed by atoms with Gasteiger partial charge in [-0.15, -0.1) is 11.3 Å². The lowest BCUT2D eigenvalue weighted by atomic mass is 9.91. The van der Waals surface area contributed by atoms with Gasteiger partial charge in [0.2, 0.25) is 0 Å². The first kappa shape index (κ1) is 12.5. The molecule has 3 rings (SSSR count). The highest BCUT2D eigenvalue weighted by atomic mass is 32.1. The zero-order chi connectivity index (χ0) is 12.5. The molecule has 2 saturated heterocycles. The van der Waals surface area contributed by atoms with Gasteiger partial charge in [0, 0.05) is 29.2 Å². The molecule has 0 saturated carbocycles. The predicted octanol–water partition coefficient (Wildman–Crippen LogP) is 2.29. The van der Waals surface area contributed by atoms with E-state index in [-0.39, 0.29) is 0 Å². The Kier molecular flexibility index (Phi) is 3.59. The smallest absolute Gasteiger partial charge is 0.0468 e. The van der Waals surface area contributed by atoms with Crippen molar-refractivity contribution in [1.29, 1.82) is 0 Å². The predicted molar refractivity (Wildman–Crippen MR) is 77.7 cm³/mol. The minimum absolute atomic E-state index is 0.849. The summed E-state index contributed by atoms with van der Waals surface area (Å²) in [5.74, 6) is 0.861. The molecule has 2 fully saturated rings. The van der Waals surface area contributed by atoms with Crippen molar-refractivity contribution in [3.63, 3.8) is 0 Å². The van der Waals surface area contributed by atoms with E-state index in [1.807, 2.05) is 6.07 Å². The Hall–Kier alpha value is -0.580. The van der Waals surface area contributed by atoms with E-state index < -0.39 is 0 Å². The third-order valence-electron chi connectivity index (χ3n) is 4.69. The summed E-state index contributed by atoms with van der Waals surface area (Å²) in [6.45, 7) is 2.09. The summed E-state index contributed by atoms with van der Waals surface area (Å²) in [6, 6.07) is 3.70. The standard InChI is InChI=1S/C14H23N3S/c1-17-11-2-3-12(17)7-10(6-11)8-16-9-14-13(15)4-5-18-14/h4-5,10-12,16H,2-3,6-9,15H2,1H3. The fourth-order valence-corrected chi connectivity index (χ4v) is 4.34. The number of fused-ring (bicyclic) bond motifs is 2. The molecule has 0 amide bonds. The van der Waals surface area contributed by atoms with Crippen molar-refractivity contribution in [2.24, 2.45) is 5.92 Å². The third kappa shape index (κ3) is 2.42. The van der Waals surface area contributed by atoms with Crippen molar-refractivity contribution in [3.05, 3.63) is 16.3 Å². The first-order chi connectivity index (χ1) is 8.74. The molecule has 0 aliphatic carbocycles. The maximum absolute atomic E-state index is 5.90. The molecule has 2 aliphatic heterocycles. The molecule has 3 N–H and O–H groups in total. The van der Waals surface area contributed by atoms with Gasteiger partial charge in [-0.25, -0.2) is 0 Å². The molecule has 2 unspecified atom stereocenters. The second-order valence-corrected chi connectivity index (χ2v) is 6.82. The van der Waals surface area contributed by atoms with Crippen molar-refractivity contribution in [2.45, 2.75) is 44.3 Å². The van der Waals surface area contributed by atoms with Crippen molar-refractivity contribution in [2.75, 3.05) is 19.3 Å². The van der Waals surface area contributed by atoms with Crippen LogP contribution in [0, 0.1) is 5.92 Å². The number of anilines is 1. The monoisotopic (exact) mass is 265 g/mol. The molecule has 18 heavy (non-hydrogen) atoms. The minimum atomic E-state index is 0.849. The molecular formula is C14H23N3S. The van der Waals surface area contributed by atoms with Gasteiger partial charge in [0.15, 0.2) is 0 Å². The van der Waals surface area contributed by atoms with Crippen LogP contribution in [0.25, 0.3) is 0 Å². The maximum atomic E-state index is 5.90. The zero-order valence-corrected chi connectivity index (χ0v) is 11.9. The Bertz CT molecular complexity index is 389. The maximum Gasteiger partial charge on any atom is 0.0468 e. The van der Waals surface area contributed by atoms with E-state index in [0.29, 0.717) is 0 Å². The first-order valence-corrected chi connectivity index (χ1v) is 7.86. The van der Waals surface area contributed by atoms with Gasteiger partial charge < -0.3 is 16.0 Å². The quantitative estimate of drug-likeness (QED) is 0.877. The summed E-state index contributed by atoms with van der Waals surface area (Å²) in [7, 11) is 2.30. The summed E-state index contributed by atoms with van der Waals surface area (Å²) >= 11 is 1.75. The average Bonchev–Trinajstić information content (AvgIpc) is 2.82. The highest BCUT2D eigenvalue weighted by molar-refractivity contribution is 7.10. The van der Waals surface area contributed by atoms with Crippen LogP contribution in [-0.2, 0) is 6.54 Å². The summed E-state index contributed by atoms with van der Waals surface area (Å²) in [4.78, 5) is 3.89. The fraction of sp³-hybridized carbons (Fsp3) is 0.714. The molecule has 4 heteroatoms. The van der Waals surface area contributed by atoms with Crippen molar-refractivity contribution >= 4 is 17.0 Å². The van der Waals surface area contributed by atoms with Crippen LogP contribution in [0.1, 0.15) is 30.6 Å². The minimum Gasteiger partial charge on any atom is -0.398 e. The highest BCUT2D eigenvalue weighted by Gasteiger charge is 2.37. The van der Waals surface area contributed by atoms with Crippen molar-refractivity contribution in [1.82, 2.24) is 10.2 Å². The molecular weight excluding hydrogens is 242 g/mol. The van der Waals surface area contributed by atoms with Gasteiger partial charge >= 0.3 is 0 Å². The Morgan fingerprint density at radius 2 is 2.11 bits per heavy atom. The third-order valence-corrected chi connectivity index (χ3v) is 5.63. The molecule has 0 radical (unpaired) electrons. The normalized spacial score (nSPS) is 31.9. The molecule has 3 nitrogen and oxygen atoms in total. The Balaban J connectivity index is 1.46. The van der Waals surface area contributed by atoms with Crippen LogP contribution in [0.3, 0.4) is 0 Å². The summed E-state index contributed by atoms with van der Waals surface area (Å²) in [5, 5.41) is 5.67. The van der Waals surface area contributed by atoms with Gasteiger partial charge in [-0.1, -0.05) is 0 Å². The van der Waals surface area contributed by atoms with E-state index in [9.17, 15) is 0 Å². The second kappa shape index (κ2) is 5.19. The number of hydrogen-bond donors (Lipinski definition) is 2. The van der Waals surface area contributed by atoms with Crippen LogP contribution in [0.2, 0.25) is 0 Å². The lowest BCUT2D eigenvalue weighted by molar-refractivity contribution is 0.133. The molecule has 2 bridgehead atoms. The Labute approximate surface area is 113 Å². The first-order valence-electron chi connectivity index (χ1n) is 6.98.